The quantitative estimate of drug-likeness (QED) is 0.341. The number of aromatic nitrogens is 2. The summed E-state index contributed by atoms with van der Waals surface area (Å²) in [7, 11) is 0. The first kappa shape index (κ1) is 30.2. The number of anilines is 1. The number of hydrogen-bond donors (Lipinski definition) is 3. The highest BCUT2D eigenvalue weighted by Crippen LogP contribution is 2.33. The maximum Gasteiger partial charge on any atom is 0.243 e. The van der Waals surface area contributed by atoms with Crippen LogP contribution >= 0.6 is 11.3 Å². The summed E-state index contributed by atoms with van der Waals surface area (Å²) in [4.78, 5) is 36.7. The largest absolute Gasteiger partial charge is 0.391 e. The Labute approximate surface area is 251 Å². The molecule has 0 bridgehead atoms. The average Bonchev–Trinajstić information content (AvgIpc) is 3.73. The second-order valence-electron chi connectivity index (χ2n) is 11.8. The molecule has 2 amide bonds. The zero-order valence-electron chi connectivity index (χ0n) is 25.0. The van der Waals surface area contributed by atoms with Crippen LogP contribution in [0, 0.1) is 12.8 Å². The third-order valence-electron chi connectivity index (χ3n) is 8.47. The Morgan fingerprint density at radius 3 is 2.64 bits per heavy atom. The van der Waals surface area contributed by atoms with Crippen LogP contribution in [0.1, 0.15) is 69.5 Å². The van der Waals surface area contributed by atoms with Crippen LogP contribution in [-0.2, 0) is 9.59 Å². The lowest BCUT2D eigenvalue weighted by molar-refractivity contribution is -0.141. The molecule has 2 aliphatic heterocycles. The van der Waals surface area contributed by atoms with Gasteiger partial charge in [-0.05, 0) is 37.3 Å². The van der Waals surface area contributed by atoms with Crippen molar-refractivity contribution in [3.05, 3.63) is 52.9 Å². The molecule has 5 rings (SSSR count). The summed E-state index contributed by atoms with van der Waals surface area (Å²) >= 11 is 1.60. The van der Waals surface area contributed by atoms with Gasteiger partial charge in [-0.1, -0.05) is 50.2 Å². The number of aryl methyl sites for hydroxylation is 1. The molecular weight excluding hydrogens is 552 g/mol. The summed E-state index contributed by atoms with van der Waals surface area (Å²) < 4.78 is 5.75. The number of rotatable bonds is 9. The van der Waals surface area contributed by atoms with Crippen molar-refractivity contribution in [2.45, 2.75) is 77.6 Å². The Morgan fingerprint density at radius 1 is 1.21 bits per heavy atom. The van der Waals surface area contributed by atoms with Gasteiger partial charge in [-0.3, -0.25) is 9.59 Å². The van der Waals surface area contributed by atoms with Crippen molar-refractivity contribution >= 4 is 29.0 Å². The minimum atomic E-state index is -0.771. The number of β-amino-alcohol motifs (C(OH)–C–C–N with tert-alkyl or cyclic N) is 1. The van der Waals surface area contributed by atoms with Crippen LogP contribution in [0.25, 0.3) is 10.4 Å². The van der Waals surface area contributed by atoms with E-state index in [0.29, 0.717) is 11.8 Å². The molecule has 3 N–H and O–H groups in total. The number of carbonyl (C=O) groups excluding carboxylic acids is 2. The first-order valence-corrected chi connectivity index (χ1v) is 15.8. The summed E-state index contributed by atoms with van der Waals surface area (Å²) in [6.45, 7) is 12.6. The lowest BCUT2D eigenvalue weighted by Crippen LogP contribution is -2.50. The van der Waals surface area contributed by atoms with Gasteiger partial charge in [0.2, 0.25) is 11.8 Å². The molecule has 10 nitrogen and oxygen atoms in total. The molecule has 0 radical (unpaired) electrons. The van der Waals surface area contributed by atoms with E-state index in [9.17, 15) is 14.7 Å². The molecule has 0 unspecified atom stereocenters. The minimum absolute atomic E-state index is 0.0919. The van der Waals surface area contributed by atoms with Gasteiger partial charge in [0, 0.05) is 44.7 Å². The molecule has 4 heterocycles. The number of nitrogens with zero attached hydrogens (tertiary/aromatic N) is 4. The van der Waals surface area contributed by atoms with E-state index in [2.05, 4.69) is 32.6 Å². The molecule has 0 saturated carbocycles. The van der Waals surface area contributed by atoms with Crippen molar-refractivity contribution in [3.63, 3.8) is 0 Å². The Hall–Kier alpha value is -3.28. The van der Waals surface area contributed by atoms with Gasteiger partial charge in [0.1, 0.15) is 12.0 Å². The van der Waals surface area contributed by atoms with Crippen LogP contribution in [0.4, 0.5) is 5.82 Å². The topological polar surface area (TPSA) is 124 Å². The van der Waals surface area contributed by atoms with E-state index < -0.39 is 18.1 Å². The Balaban J connectivity index is 1.28. The first-order chi connectivity index (χ1) is 20.2. The molecule has 42 heavy (non-hydrogen) atoms. The van der Waals surface area contributed by atoms with Crippen molar-refractivity contribution in [2.75, 3.05) is 31.1 Å². The maximum absolute atomic E-state index is 14.0. The van der Waals surface area contributed by atoms with E-state index in [1.165, 1.54) is 4.90 Å². The average molecular weight is 595 g/mol. The molecule has 2 aliphatic rings. The number of carbonyl (C=O) groups is 2. The molecule has 226 valence electrons. The fraction of sp³-hybridized carbons (Fsp3) is 0.548. The maximum atomic E-state index is 14.0. The molecule has 2 saturated heterocycles. The number of benzene rings is 1. The summed E-state index contributed by atoms with van der Waals surface area (Å²) in [5, 5.41) is 21.4. The number of thiazole rings is 1. The van der Waals surface area contributed by atoms with Crippen molar-refractivity contribution in [2.24, 2.45) is 5.92 Å². The molecule has 1 aromatic carbocycles. The summed E-state index contributed by atoms with van der Waals surface area (Å²) in [6.07, 6.45) is 0.442. The van der Waals surface area contributed by atoms with Gasteiger partial charge in [-0.2, -0.15) is 0 Å². The predicted molar refractivity (Wildman–Crippen MR) is 163 cm³/mol. The number of hydrogen-bond acceptors (Lipinski definition) is 9. The lowest BCUT2D eigenvalue weighted by atomic mass is 9.91. The number of piperazine rings is 1. The molecule has 3 aromatic rings. The van der Waals surface area contributed by atoms with Gasteiger partial charge in [0.05, 0.1) is 28.2 Å². The SMILES string of the molecule is CC[C@@H]1CN(c2cc([C@H](C(=O)N3C[C@H](O)C[C@H]3C(=O)N[C@@H](C)c3ccc(-c4scnc4C)cc3)C(C)C)on2)CCN1. The van der Waals surface area contributed by atoms with E-state index in [-0.39, 0.29) is 36.7 Å². The summed E-state index contributed by atoms with van der Waals surface area (Å²) in [6, 6.07) is 9.29. The molecule has 2 aromatic heterocycles. The predicted octanol–water partition coefficient (Wildman–Crippen LogP) is 3.87. The summed E-state index contributed by atoms with van der Waals surface area (Å²) in [5.41, 5.74) is 4.88. The standard InChI is InChI=1S/C31H42N6O4S/c1-6-23-15-36(12-11-32-23)27-14-26(41-35-27)28(18(2)3)31(40)37-16-24(38)13-25(37)30(39)34-19(4)21-7-9-22(10-8-21)29-20(5)33-17-42-29/h7-10,14,17-19,23-25,28,32,38H,6,11-13,15-16H2,1-5H3,(H,34,39)/t19-,23+,24+,25-,28+/m0/s1. The molecular formula is C31H42N6O4S. The van der Waals surface area contributed by atoms with Gasteiger partial charge in [-0.25, -0.2) is 4.98 Å². The molecule has 0 aliphatic carbocycles. The van der Waals surface area contributed by atoms with Gasteiger partial charge >= 0.3 is 0 Å². The lowest BCUT2D eigenvalue weighted by Gasteiger charge is -2.33. The third-order valence-corrected chi connectivity index (χ3v) is 9.45. The summed E-state index contributed by atoms with van der Waals surface area (Å²) in [5.74, 6) is 0.00370. The van der Waals surface area contributed by atoms with Crippen molar-refractivity contribution in [1.82, 2.24) is 25.7 Å². The Morgan fingerprint density at radius 2 is 1.98 bits per heavy atom. The Bertz CT molecular complexity index is 1370. The fourth-order valence-electron chi connectivity index (χ4n) is 6.00. The monoisotopic (exact) mass is 594 g/mol. The van der Waals surface area contributed by atoms with E-state index in [4.69, 9.17) is 4.52 Å². The zero-order valence-corrected chi connectivity index (χ0v) is 25.9. The Kier molecular flexibility index (Phi) is 9.29. The van der Waals surface area contributed by atoms with Crippen LogP contribution < -0.4 is 15.5 Å². The van der Waals surface area contributed by atoms with Crippen LogP contribution in [0.5, 0.6) is 0 Å². The van der Waals surface area contributed by atoms with Crippen molar-refractivity contribution in [1.29, 1.82) is 0 Å². The van der Waals surface area contributed by atoms with E-state index in [1.807, 2.05) is 63.5 Å². The van der Waals surface area contributed by atoms with Crippen molar-refractivity contribution in [3.8, 4) is 10.4 Å². The molecule has 5 atom stereocenters. The fourth-order valence-corrected chi connectivity index (χ4v) is 6.81. The van der Waals surface area contributed by atoms with Crippen LogP contribution in [0.2, 0.25) is 0 Å². The zero-order chi connectivity index (χ0) is 30.0. The normalized spacial score (nSPS) is 22.4. The van der Waals surface area contributed by atoms with Gasteiger partial charge in [0.25, 0.3) is 0 Å². The van der Waals surface area contributed by atoms with Crippen LogP contribution in [-0.4, -0.2) is 76.3 Å². The number of amides is 2. The third kappa shape index (κ3) is 6.38. The van der Waals surface area contributed by atoms with E-state index >= 15 is 0 Å². The second-order valence-corrected chi connectivity index (χ2v) is 12.7. The number of nitrogens with one attached hydrogen (secondary N) is 2. The second kappa shape index (κ2) is 12.9. The highest BCUT2D eigenvalue weighted by Gasteiger charge is 2.43. The minimum Gasteiger partial charge on any atom is -0.391 e. The van der Waals surface area contributed by atoms with Gasteiger partial charge in [0.15, 0.2) is 11.6 Å². The number of aliphatic hydroxyl groups is 1. The molecule has 11 heteroatoms. The number of likely N-dealkylation sites (tertiary alicyclic amines) is 1. The van der Waals surface area contributed by atoms with Crippen LogP contribution in [0.3, 0.4) is 0 Å². The number of aliphatic hydroxyl groups excluding tert-OH is 1. The van der Waals surface area contributed by atoms with Crippen LogP contribution in [0.15, 0.2) is 40.4 Å². The van der Waals surface area contributed by atoms with Crippen molar-refractivity contribution < 1.29 is 19.2 Å². The van der Waals surface area contributed by atoms with Gasteiger partial charge in [-0.15, -0.1) is 11.3 Å². The highest BCUT2D eigenvalue weighted by molar-refractivity contribution is 7.13. The molecule has 0 spiro atoms. The van der Waals surface area contributed by atoms with Gasteiger partial charge < -0.3 is 30.1 Å². The van der Waals surface area contributed by atoms with E-state index in [0.717, 1.165) is 53.6 Å². The van der Waals surface area contributed by atoms with E-state index in [1.54, 1.807) is 11.3 Å². The first-order valence-electron chi connectivity index (χ1n) is 14.9. The smallest absolute Gasteiger partial charge is 0.243 e. The highest BCUT2D eigenvalue weighted by atomic mass is 32.1. The molecule has 2 fully saturated rings.